The Balaban J connectivity index is 2.59. The number of amides is 1. The van der Waals surface area contributed by atoms with Gasteiger partial charge in [0.05, 0.1) is 0 Å². The molecule has 0 saturated carbocycles. The summed E-state index contributed by atoms with van der Waals surface area (Å²) < 4.78 is 29.2. The minimum atomic E-state index is -3.80. The molecule has 8 heteroatoms. The quantitative estimate of drug-likeness (QED) is 0.654. The number of nitrogens with zero attached hydrogens (tertiary/aromatic N) is 1. The molecule has 0 atom stereocenters. The van der Waals surface area contributed by atoms with Crippen molar-refractivity contribution in [2.75, 3.05) is 20.3 Å². The second-order valence-electron chi connectivity index (χ2n) is 4.70. The van der Waals surface area contributed by atoms with Crippen LogP contribution in [0, 0.1) is 0 Å². The Morgan fingerprint density at radius 3 is 2.67 bits per heavy atom. The Hall–Kier alpha value is -1.38. The topological polar surface area (TPSA) is 103 Å². The van der Waals surface area contributed by atoms with Crippen LogP contribution in [-0.2, 0) is 21.3 Å². The van der Waals surface area contributed by atoms with E-state index >= 15 is 0 Å². The molecule has 0 radical (unpaired) electrons. The number of sulfonamides is 1. The van der Waals surface area contributed by atoms with E-state index in [9.17, 15) is 13.2 Å². The molecule has 3 N–H and O–H groups in total. The van der Waals surface area contributed by atoms with Gasteiger partial charge in [-0.1, -0.05) is 0 Å². The maximum Gasteiger partial charge on any atom is 0.267 e. The first-order valence-corrected chi connectivity index (χ1v) is 8.45. The fraction of sp³-hybridized carbons (Fsp3) is 0.615. The fourth-order valence-electron chi connectivity index (χ4n) is 1.93. The van der Waals surface area contributed by atoms with E-state index in [2.05, 4.69) is 5.32 Å². The third-order valence-electron chi connectivity index (χ3n) is 3.08. The number of primary sulfonamides is 1. The lowest BCUT2D eigenvalue weighted by molar-refractivity contribution is 0.0943. The van der Waals surface area contributed by atoms with E-state index in [1.165, 1.54) is 12.3 Å². The number of aryl methyl sites for hydroxylation is 1. The zero-order chi connectivity index (χ0) is 15.9. The summed E-state index contributed by atoms with van der Waals surface area (Å²) in [6.07, 6.45) is 4.14. The average Bonchev–Trinajstić information content (AvgIpc) is 2.86. The Kier molecular flexibility index (Phi) is 6.86. The molecule has 1 rings (SSSR count). The Labute approximate surface area is 125 Å². The van der Waals surface area contributed by atoms with Crippen molar-refractivity contribution in [3.63, 3.8) is 0 Å². The summed E-state index contributed by atoms with van der Waals surface area (Å²) in [5, 5.41) is 7.86. The first-order valence-electron chi connectivity index (χ1n) is 6.90. The second kappa shape index (κ2) is 8.16. The van der Waals surface area contributed by atoms with E-state index in [1.807, 2.05) is 6.92 Å². The van der Waals surface area contributed by atoms with Crippen LogP contribution in [-0.4, -0.2) is 39.2 Å². The molecule has 0 saturated heterocycles. The van der Waals surface area contributed by atoms with Crippen molar-refractivity contribution in [3.05, 3.63) is 18.0 Å². The highest BCUT2D eigenvalue weighted by Gasteiger charge is 2.17. The first-order chi connectivity index (χ1) is 9.90. The third kappa shape index (κ3) is 5.49. The number of nitrogens with one attached hydrogen (secondary N) is 1. The molecule has 0 aliphatic heterocycles. The summed E-state index contributed by atoms with van der Waals surface area (Å²) in [5.74, 6) is -0.293. The van der Waals surface area contributed by atoms with Crippen molar-refractivity contribution in [2.24, 2.45) is 5.14 Å². The van der Waals surface area contributed by atoms with Gasteiger partial charge >= 0.3 is 0 Å². The van der Waals surface area contributed by atoms with Gasteiger partial charge in [0.15, 0.2) is 0 Å². The molecule has 21 heavy (non-hydrogen) atoms. The van der Waals surface area contributed by atoms with E-state index in [4.69, 9.17) is 9.88 Å². The van der Waals surface area contributed by atoms with Crippen molar-refractivity contribution in [1.29, 1.82) is 0 Å². The van der Waals surface area contributed by atoms with Crippen LogP contribution >= 0.6 is 0 Å². The predicted octanol–water partition coefficient (Wildman–Crippen LogP) is 0.702. The van der Waals surface area contributed by atoms with Crippen LogP contribution in [0.1, 0.15) is 36.7 Å². The molecule has 0 aliphatic rings. The lowest BCUT2D eigenvalue weighted by Crippen LogP contribution is -2.26. The summed E-state index contributed by atoms with van der Waals surface area (Å²) in [7, 11) is -2.14. The van der Waals surface area contributed by atoms with Gasteiger partial charge < -0.3 is 14.6 Å². The molecule has 1 aromatic rings. The molecule has 0 aliphatic carbocycles. The molecule has 1 amide bonds. The first kappa shape index (κ1) is 17.7. The maximum absolute atomic E-state index is 12.1. The highest BCUT2D eigenvalue weighted by Crippen LogP contribution is 2.13. The van der Waals surface area contributed by atoms with E-state index in [-0.39, 0.29) is 10.8 Å². The summed E-state index contributed by atoms with van der Waals surface area (Å²) >= 11 is 0. The molecule has 7 nitrogen and oxygen atoms in total. The van der Waals surface area contributed by atoms with Crippen LogP contribution in [0.3, 0.4) is 0 Å². The Morgan fingerprint density at radius 1 is 1.38 bits per heavy atom. The molecule has 0 spiro atoms. The Morgan fingerprint density at radius 2 is 2.10 bits per heavy atom. The van der Waals surface area contributed by atoms with Crippen molar-refractivity contribution >= 4 is 15.9 Å². The number of aromatic nitrogens is 1. The van der Waals surface area contributed by atoms with E-state index in [0.717, 1.165) is 19.3 Å². The van der Waals surface area contributed by atoms with Gasteiger partial charge in [0.1, 0.15) is 10.6 Å². The van der Waals surface area contributed by atoms with Crippen LogP contribution in [0.4, 0.5) is 0 Å². The van der Waals surface area contributed by atoms with Gasteiger partial charge in [-0.05, 0) is 32.3 Å². The highest BCUT2D eigenvalue weighted by molar-refractivity contribution is 7.89. The normalized spacial score (nSPS) is 11.6. The van der Waals surface area contributed by atoms with E-state index < -0.39 is 10.0 Å². The monoisotopic (exact) mass is 317 g/mol. The number of methoxy groups -OCH3 is 1. The molecular weight excluding hydrogens is 294 g/mol. The minimum absolute atomic E-state index is 0.0467. The molecule has 0 fully saturated rings. The molecule has 120 valence electrons. The van der Waals surface area contributed by atoms with E-state index in [0.29, 0.717) is 25.4 Å². The molecule has 0 unspecified atom stereocenters. The number of unbranched alkanes of at least 4 members (excludes halogenated alkanes) is 2. The largest absolute Gasteiger partial charge is 0.385 e. The third-order valence-corrected chi connectivity index (χ3v) is 3.96. The lowest BCUT2D eigenvalue weighted by atomic mass is 10.2. The fourth-order valence-corrected chi connectivity index (χ4v) is 2.48. The number of carbonyl (C=O) groups excluding carboxylic acids is 1. The smallest absolute Gasteiger partial charge is 0.267 e. The van der Waals surface area contributed by atoms with Crippen molar-refractivity contribution in [1.82, 2.24) is 9.88 Å². The Bertz CT molecular complexity index is 566. The number of carbonyl (C=O) groups is 1. The van der Waals surface area contributed by atoms with Crippen molar-refractivity contribution in [2.45, 2.75) is 37.6 Å². The van der Waals surface area contributed by atoms with Crippen LogP contribution in [0.5, 0.6) is 0 Å². The van der Waals surface area contributed by atoms with Crippen LogP contribution < -0.4 is 10.5 Å². The van der Waals surface area contributed by atoms with Crippen molar-refractivity contribution in [3.8, 4) is 0 Å². The van der Waals surface area contributed by atoms with Gasteiger partial charge in [0.2, 0.25) is 10.0 Å². The van der Waals surface area contributed by atoms with Gasteiger partial charge in [0, 0.05) is 33.0 Å². The molecule has 0 aromatic carbocycles. The zero-order valence-corrected chi connectivity index (χ0v) is 13.3. The maximum atomic E-state index is 12.1. The number of nitrogens with two attached hydrogens (primary N) is 1. The summed E-state index contributed by atoms with van der Waals surface area (Å²) in [4.78, 5) is 12.0. The SMILES string of the molecule is CCn1cc(S(N)(=O)=O)cc1C(=O)NCCCCCOC. The molecule has 1 heterocycles. The number of hydrogen-bond donors (Lipinski definition) is 2. The zero-order valence-electron chi connectivity index (χ0n) is 12.5. The van der Waals surface area contributed by atoms with Crippen LogP contribution in [0.15, 0.2) is 17.2 Å². The summed E-state index contributed by atoms with van der Waals surface area (Å²) in [6.45, 7) is 3.58. The molecular formula is C13H23N3O4S. The van der Waals surface area contributed by atoms with Gasteiger partial charge in [0.25, 0.3) is 5.91 Å². The molecule has 1 aromatic heterocycles. The number of ether oxygens (including phenoxy) is 1. The standard InChI is InChI=1S/C13H23N3O4S/c1-3-16-10-11(21(14,18)19)9-12(16)13(17)15-7-5-4-6-8-20-2/h9-10H,3-8H2,1-2H3,(H,15,17)(H2,14,18,19). The summed E-state index contributed by atoms with van der Waals surface area (Å²) in [5.41, 5.74) is 0.304. The lowest BCUT2D eigenvalue weighted by Gasteiger charge is -2.07. The molecule has 0 bridgehead atoms. The van der Waals surface area contributed by atoms with Crippen molar-refractivity contribution < 1.29 is 17.9 Å². The number of hydrogen-bond acceptors (Lipinski definition) is 4. The van der Waals surface area contributed by atoms with Gasteiger partial charge in [-0.25, -0.2) is 13.6 Å². The van der Waals surface area contributed by atoms with Crippen LogP contribution in [0.2, 0.25) is 0 Å². The highest BCUT2D eigenvalue weighted by atomic mass is 32.2. The predicted molar refractivity (Wildman–Crippen MR) is 79.5 cm³/mol. The van der Waals surface area contributed by atoms with Crippen LogP contribution in [0.25, 0.3) is 0 Å². The second-order valence-corrected chi connectivity index (χ2v) is 6.26. The summed E-state index contributed by atoms with van der Waals surface area (Å²) in [6, 6.07) is 1.30. The average molecular weight is 317 g/mol. The van der Waals surface area contributed by atoms with E-state index in [1.54, 1.807) is 11.7 Å². The number of rotatable bonds is 9. The van der Waals surface area contributed by atoms with Gasteiger partial charge in [-0.3, -0.25) is 4.79 Å². The minimum Gasteiger partial charge on any atom is -0.385 e. The van der Waals surface area contributed by atoms with Gasteiger partial charge in [-0.2, -0.15) is 0 Å². The van der Waals surface area contributed by atoms with Gasteiger partial charge in [-0.15, -0.1) is 0 Å².